The van der Waals surface area contributed by atoms with E-state index in [-0.39, 0.29) is 17.3 Å². The molecule has 0 saturated carbocycles. The number of carbonyl (C=O) groups is 1. The molecule has 1 amide bonds. The Bertz CT molecular complexity index is 508. The van der Waals surface area contributed by atoms with E-state index in [1.807, 2.05) is 0 Å². The van der Waals surface area contributed by atoms with E-state index in [4.69, 9.17) is 10.2 Å². The summed E-state index contributed by atoms with van der Waals surface area (Å²) in [5, 5.41) is 2.45. The Balaban J connectivity index is 2.41. The van der Waals surface area contributed by atoms with E-state index in [1.165, 1.54) is 19.5 Å². The molecule has 0 aromatic carbocycles. The van der Waals surface area contributed by atoms with Gasteiger partial charge in [0.05, 0.1) is 11.8 Å². The number of furan rings is 1. The van der Waals surface area contributed by atoms with Gasteiger partial charge in [0.15, 0.2) is 11.6 Å². The second-order valence-electron chi connectivity index (χ2n) is 3.05. The maximum atomic E-state index is 11.3. The second kappa shape index (κ2) is 4.01. The zero-order chi connectivity index (χ0) is 11.5. The largest absolute Gasteiger partial charge is 0.461 e. The summed E-state index contributed by atoms with van der Waals surface area (Å²) >= 11 is 0. The maximum absolute atomic E-state index is 11.3. The van der Waals surface area contributed by atoms with E-state index in [0.717, 1.165) is 0 Å². The first-order valence-corrected chi connectivity index (χ1v) is 4.61. The standard InChI is InChI=1S/C10H10N4O2/c1-12-10(15)6-5-13-9(14-8(6)11)7-3-2-4-16-7/h2-5H,1H3,(H,12,15)(H2,11,13,14). The van der Waals surface area contributed by atoms with Crippen LogP contribution in [0.3, 0.4) is 0 Å². The number of nitrogens with one attached hydrogen (secondary N) is 1. The monoisotopic (exact) mass is 218 g/mol. The number of rotatable bonds is 2. The Labute approximate surface area is 91.5 Å². The Hall–Kier alpha value is -2.37. The SMILES string of the molecule is CNC(=O)c1cnc(-c2ccco2)nc1N. The van der Waals surface area contributed by atoms with Gasteiger partial charge in [-0.1, -0.05) is 0 Å². The predicted octanol–water partition coefficient (Wildman–Crippen LogP) is 0.678. The fraction of sp³-hybridized carbons (Fsp3) is 0.100. The third-order valence-electron chi connectivity index (χ3n) is 2.03. The van der Waals surface area contributed by atoms with Gasteiger partial charge < -0.3 is 15.5 Å². The molecule has 0 aliphatic heterocycles. The van der Waals surface area contributed by atoms with Crippen molar-refractivity contribution in [3.8, 4) is 11.6 Å². The van der Waals surface area contributed by atoms with Crippen LogP contribution in [-0.2, 0) is 0 Å². The summed E-state index contributed by atoms with van der Waals surface area (Å²) in [5.41, 5.74) is 5.90. The van der Waals surface area contributed by atoms with Gasteiger partial charge in [0.25, 0.3) is 5.91 Å². The molecule has 0 fully saturated rings. The molecule has 0 bridgehead atoms. The molecule has 0 saturated heterocycles. The first-order chi connectivity index (χ1) is 7.72. The van der Waals surface area contributed by atoms with Crippen molar-refractivity contribution in [1.82, 2.24) is 15.3 Å². The minimum Gasteiger partial charge on any atom is -0.461 e. The highest BCUT2D eigenvalue weighted by atomic mass is 16.3. The summed E-state index contributed by atoms with van der Waals surface area (Å²) in [6.07, 6.45) is 2.89. The van der Waals surface area contributed by atoms with Crippen LogP contribution in [0.15, 0.2) is 29.0 Å². The lowest BCUT2D eigenvalue weighted by atomic mass is 10.3. The lowest BCUT2D eigenvalue weighted by Gasteiger charge is -2.03. The molecular weight excluding hydrogens is 208 g/mol. The van der Waals surface area contributed by atoms with Crippen LogP contribution in [0.25, 0.3) is 11.6 Å². The fourth-order valence-corrected chi connectivity index (χ4v) is 1.23. The van der Waals surface area contributed by atoms with Crippen LogP contribution in [0.1, 0.15) is 10.4 Å². The van der Waals surface area contributed by atoms with Gasteiger partial charge in [-0.2, -0.15) is 0 Å². The van der Waals surface area contributed by atoms with Gasteiger partial charge in [0.2, 0.25) is 0 Å². The Morgan fingerprint density at radius 1 is 1.56 bits per heavy atom. The summed E-state index contributed by atoms with van der Waals surface area (Å²) < 4.78 is 5.12. The molecule has 0 atom stereocenters. The number of amides is 1. The average Bonchev–Trinajstić information content (AvgIpc) is 2.81. The van der Waals surface area contributed by atoms with Crippen LogP contribution in [0.2, 0.25) is 0 Å². The molecule has 0 radical (unpaired) electrons. The lowest BCUT2D eigenvalue weighted by Crippen LogP contribution is -2.20. The molecule has 0 unspecified atom stereocenters. The molecule has 6 heteroatoms. The highest BCUT2D eigenvalue weighted by molar-refractivity contribution is 5.97. The van der Waals surface area contributed by atoms with Crippen molar-refractivity contribution in [3.63, 3.8) is 0 Å². The smallest absolute Gasteiger partial charge is 0.256 e. The molecule has 0 aliphatic carbocycles. The van der Waals surface area contributed by atoms with Crippen molar-refractivity contribution in [1.29, 1.82) is 0 Å². The maximum Gasteiger partial charge on any atom is 0.256 e. The van der Waals surface area contributed by atoms with Crippen molar-refractivity contribution in [2.45, 2.75) is 0 Å². The predicted molar refractivity (Wildman–Crippen MR) is 57.5 cm³/mol. The van der Waals surface area contributed by atoms with Crippen LogP contribution in [-0.4, -0.2) is 22.9 Å². The molecule has 2 aromatic heterocycles. The van der Waals surface area contributed by atoms with Crippen molar-refractivity contribution < 1.29 is 9.21 Å². The molecule has 2 rings (SSSR count). The van der Waals surface area contributed by atoms with Crippen LogP contribution < -0.4 is 11.1 Å². The summed E-state index contributed by atoms with van der Waals surface area (Å²) in [7, 11) is 1.52. The van der Waals surface area contributed by atoms with Crippen LogP contribution in [0.4, 0.5) is 5.82 Å². The third kappa shape index (κ3) is 1.72. The first-order valence-electron chi connectivity index (χ1n) is 4.61. The Morgan fingerprint density at radius 3 is 2.94 bits per heavy atom. The van der Waals surface area contributed by atoms with E-state index in [1.54, 1.807) is 12.1 Å². The van der Waals surface area contributed by atoms with Crippen LogP contribution in [0, 0.1) is 0 Å². The van der Waals surface area contributed by atoms with Crippen LogP contribution in [0.5, 0.6) is 0 Å². The van der Waals surface area contributed by atoms with Crippen LogP contribution >= 0.6 is 0 Å². The van der Waals surface area contributed by atoms with Crippen molar-refractivity contribution >= 4 is 11.7 Å². The van der Waals surface area contributed by atoms with Gasteiger partial charge >= 0.3 is 0 Å². The van der Waals surface area contributed by atoms with Gasteiger partial charge in [-0.15, -0.1) is 0 Å². The van der Waals surface area contributed by atoms with Crippen molar-refractivity contribution in [3.05, 3.63) is 30.2 Å². The third-order valence-corrected chi connectivity index (χ3v) is 2.03. The van der Waals surface area contributed by atoms with Gasteiger partial charge in [-0.05, 0) is 12.1 Å². The topological polar surface area (TPSA) is 94.0 Å². The van der Waals surface area contributed by atoms with Crippen molar-refractivity contribution in [2.75, 3.05) is 12.8 Å². The van der Waals surface area contributed by atoms with Crippen molar-refractivity contribution in [2.24, 2.45) is 0 Å². The zero-order valence-electron chi connectivity index (χ0n) is 8.60. The molecule has 3 N–H and O–H groups in total. The summed E-state index contributed by atoms with van der Waals surface area (Å²) in [6, 6.07) is 3.44. The summed E-state index contributed by atoms with van der Waals surface area (Å²) in [4.78, 5) is 19.3. The van der Waals surface area contributed by atoms with E-state index in [0.29, 0.717) is 11.6 Å². The molecule has 16 heavy (non-hydrogen) atoms. The van der Waals surface area contributed by atoms with Gasteiger partial charge in [0, 0.05) is 13.2 Å². The van der Waals surface area contributed by atoms with Gasteiger partial charge in [0.1, 0.15) is 5.82 Å². The highest BCUT2D eigenvalue weighted by Gasteiger charge is 2.12. The minimum atomic E-state index is -0.316. The molecule has 0 spiro atoms. The summed E-state index contributed by atoms with van der Waals surface area (Å²) in [6.45, 7) is 0. The fourth-order valence-electron chi connectivity index (χ4n) is 1.23. The molecule has 82 valence electrons. The highest BCUT2D eigenvalue weighted by Crippen LogP contribution is 2.17. The molecule has 6 nitrogen and oxygen atoms in total. The number of hydrogen-bond acceptors (Lipinski definition) is 5. The lowest BCUT2D eigenvalue weighted by molar-refractivity contribution is 0.0963. The summed E-state index contributed by atoms with van der Waals surface area (Å²) in [5.74, 6) is 0.676. The molecule has 2 heterocycles. The van der Waals surface area contributed by atoms with Gasteiger partial charge in [-0.25, -0.2) is 9.97 Å². The zero-order valence-corrected chi connectivity index (χ0v) is 8.60. The first kappa shape index (κ1) is 10.2. The Kier molecular flexibility index (Phi) is 2.55. The van der Waals surface area contributed by atoms with E-state index in [9.17, 15) is 4.79 Å². The van der Waals surface area contributed by atoms with E-state index < -0.39 is 0 Å². The number of hydrogen-bond donors (Lipinski definition) is 2. The normalized spacial score (nSPS) is 10.1. The number of anilines is 1. The second-order valence-corrected chi connectivity index (χ2v) is 3.05. The molecular formula is C10H10N4O2. The van der Waals surface area contributed by atoms with Gasteiger partial charge in [-0.3, -0.25) is 4.79 Å². The number of aromatic nitrogens is 2. The number of nitrogen functional groups attached to an aromatic ring is 1. The Morgan fingerprint density at radius 2 is 2.38 bits per heavy atom. The van der Waals surface area contributed by atoms with E-state index in [2.05, 4.69) is 15.3 Å². The molecule has 0 aliphatic rings. The molecule has 2 aromatic rings. The number of carbonyl (C=O) groups excluding carboxylic acids is 1. The average molecular weight is 218 g/mol. The minimum absolute atomic E-state index is 0.126. The number of nitrogens with zero attached hydrogens (tertiary/aromatic N) is 2. The van der Waals surface area contributed by atoms with E-state index >= 15 is 0 Å². The number of nitrogens with two attached hydrogens (primary N) is 1. The quantitative estimate of drug-likeness (QED) is 0.772.